The summed E-state index contributed by atoms with van der Waals surface area (Å²) < 4.78 is 6.59. The van der Waals surface area contributed by atoms with Gasteiger partial charge in [-0.15, -0.1) is 0 Å². The van der Waals surface area contributed by atoms with E-state index >= 15 is 0 Å². The number of ether oxygens (including phenoxy) is 1. The third-order valence-electron chi connectivity index (χ3n) is 3.02. The van der Waals surface area contributed by atoms with Crippen LogP contribution in [0.4, 0.5) is 5.69 Å². The molecule has 2 atom stereocenters. The molecule has 0 spiro atoms. The highest BCUT2D eigenvalue weighted by molar-refractivity contribution is 9.10. The van der Waals surface area contributed by atoms with E-state index in [9.17, 15) is 0 Å². The zero-order chi connectivity index (χ0) is 13.3. The molecule has 1 aliphatic rings. The van der Waals surface area contributed by atoms with Gasteiger partial charge in [0, 0.05) is 23.2 Å². The van der Waals surface area contributed by atoms with E-state index in [4.69, 9.17) is 15.9 Å². The summed E-state index contributed by atoms with van der Waals surface area (Å²) in [6, 6.07) is 5.89. The van der Waals surface area contributed by atoms with E-state index in [0.29, 0.717) is 0 Å². The number of hydrogen-bond donors (Lipinski definition) is 2. The summed E-state index contributed by atoms with van der Waals surface area (Å²) in [7, 11) is 0. The molecule has 1 aromatic rings. The first-order valence-electron chi connectivity index (χ1n) is 6.02. The van der Waals surface area contributed by atoms with E-state index in [1.165, 1.54) is 0 Å². The molecule has 0 unspecified atom stereocenters. The number of benzene rings is 1. The number of hydrogen-bond acceptors (Lipinski definition) is 3. The molecule has 4 nitrogen and oxygen atoms in total. The number of nitrogen functional groups attached to an aromatic ring is 1. The maximum Gasteiger partial charge on any atom is 0.126 e. The minimum Gasteiger partial charge on any atom is -0.384 e. The average molecular weight is 312 g/mol. The Balaban J connectivity index is 2.38. The van der Waals surface area contributed by atoms with Crippen LogP contribution in [-0.4, -0.2) is 31.1 Å². The van der Waals surface area contributed by atoms with Crippen LogP contribution >= 0.6 is 15.9 Å². The van der Waals surface area contributed by atoms with Gasteiger partial charge in [-0.3, -0.25) is 5.41 Å². The zero-order valence-corrected chi connectivity index (χ0v) is 12.2. The van der Waals surface area contributed by atoms with Crippen molar-refractivity contribution in [3.05, 3.63) is 28.2 Å². The fourth-order valence-electron chi connectivity index (χ4n) is 2.42. The molecule has 98 valence electrons. The molecule has 1 aliphatic heterocycles. The summed E-state index contributed by atoms with van der Waals surface area (Å²) >= 11 is 3.47. The smallest absolute Gasteiger partial charge is 0.126 e. The molecule has 0 amide bonds. The molecule has 2 rings (SSSR count). The largest absolute Gasteiger partial charge is 0.384 e. The predicted octanol–water partition coefficient (Wildman–Crippen LogP) is 2.35. The van der Waals surface area contributed by atoms with E-state index in [2.05, 4.69) is 34.7 Å². The van der Waals surface area contributed by atoms with Crippen LogP contribution in [0.2, 0.25) is 0 Å². The first kappa shape index (κ1) is 13.4. The normalized spacial score (nSPS) is 24.1. The Hall–Kier alpha value is -1.07. The highest BCUT2D eigenvalue weighted by Gasteiger charge is 2.25. The standard InChI is InChI=1S/C13H18BrN3O/c1-8-6-17(7-9(2)18-8)11-5-3-4-10(14)12(11)13(15)16/h3-5,8-9H,6-7H2,1-2H3,(H3,15,16)/t8-,9+. The second-order valence-electron chi connectivity index (χ2n) is 4.71. The van der Waals surface area contributed by atoms with Crippen LogP contribution in [0.15, 0.2) is 22.7 Å². The van der Waals surface area contributed by atoms with Crippen molar-refractivity contribution in [2.75, 3.05) is 18.0 Å². The van der Waals surface area contributed by atoms with E-state index in [-0.39, 0.29) is 18.0 Å². The van der Waals surface area contributed by atoms with Crippen LogP contribution in [0.5, 0.6) is 0 Å². The number of nitrogens with zero attached hydrogens (tertiary/aromatic N) is 1. The predicted molar refractivity (Wildman–Crippen MR) is 77.4 cm³/mol. The van der Waals surface area contributed by atoms with Crippen LogP contribution in [-0.2, 0) is 4.74 Å². The first-order chi connectivity index (χ1) is 8.49. The SMILES string of the molecule is C[C@@H]1CN(c2cccc(Br)c2C(=N)N)C[C@H](C)O1. The Labute approximate surface area is 116 Å². The molecule has 18 heavy (non-hydrogen) atoms. The first-order valence-corrected chi connectivity index (χ1v) is 6.81. The topological polar surface area (TPSA) is 62.3 Å². The third kappa shape index (κ3) is 2.67. The molecule has 0 bridgehead atoms. The molecule has 0 aromatic heterocycles. The van der Waals surface area contributed by atoms with Crippen molar-refractivity contribution in [3.8, 4) is 0 Å². The molecule has 0 radical (unpaired) electrons. The number of rotatable bonds is 2. The lowest BCUT2D eigenvalue weighted by molar-refractivity contribution is -0.00522. The fraction of sp³-hybridized carbons (Fsp3) is 0.462. The summed E-state index contributed by atoms with van der Waals surface area (Å²) in [5, 5.41) is 7.73. The zero-order valence-electron chi connectivity index (χ0n) is 10.6. The van der Waals surface area contributed by atoms with E-state index < -0.39 is 0 Å². The third-order valence-corrected chi connectivity index (χ3v) is 3.68. The lowest BCUT2D eigenvalue weighted by Gasteiger charge is -2.37. The van der Waals surface area contributed by atoms with Crippen LogP contribution in [0.25, 0.3) is 0 Å². The Bertz CT molecular complexity index is 454. The fourth-order valence-corrected chi connectivity index (χ4v) is 2.99. The van der Waals surface area contributed by atoms with Crippen molar-refractivity contribution in [3.63, 3.8) is 0 Å². The second kappa shape index (κ2) is 5.28. The summed E-state index contributed by atoms with van der Waals surface area (Å²) in [6.45, 7) is 5.77. The minimum atomic E-state index is 0.0873. The quantitative estimate of drug-likeness (QED) is 0.651. The van der Waals surface area contributed by atoms with Crippen LogP contribution in [0.3, 0.4) is 0 Å². The van der Waals surface area contributed by atoms with Crippen LogP contribution in [0.1, 0.15) is 19.4 Å². The van der Waals surface area contributed by atoms with Gasteiger partial charge in [0.05, 0.1) is 17.8 Å². The Kier molecular flexibility index (Phi) is 3.92. The molecular formula is C13H18BrN3O. The molecule has 5 heteroatoms. The van der Waals surface area contributed by atoms with Crippen molar-refractivity contribution < 1.29 is 4.74 Å². The number of anilines is 1. The molecule has 1 saturated heterocycles. The van der Waals surface area contributed by atoms with E-state index in [0.717, 1.165) is 28.8 Å². The molecule has 3 N–H and O–H groups in total. The average Bonchev–Trinajstić information content (AvgIpc) is 2.26. The Morgan fingerprint density at radius 1 is 1.39 bits per heavy atom. The molecular weight excluding hydrogens is 294 g/mol. The molecule has 1 aromatic carbocycles. The maximum absolute atomic E-state index is 7.73. The van der Waals surface area contributed by atoms with E-state index in [1.54, 1.807) is 0 Å². The van der Waals surface area contributed by atoms with Gasteiger partial charge in [0.15, 0.2) is 0 Å². The van der Waals surface area contributed by atoms with Crippen molar-refractivity contribution in [1.29, 1.82) is 5.41 Å². The van der Waals surface area contributed by atoms with Crippen molar-refractivity contribution in [2.24, 2.45) is 5.73 Å². The van der Waals surface area contributed by atoms with Gasteiger partial charge in [-0.05, 0) is 41.9 Å². The van der Waals surface area contributed by atoms with Gasteiger partial charge < -0.3 is 15.4 Å². The highest BCUT2D eigenvalue weighted by atomic mass is 79.9. The maximum atomic E-state index is 7.73. The van der Waals surface area contributed by atoms with Gasteiger partial charge in [0.25, 0.3) is 0 Å². The van der Waals surface area contributed by atoms with Gasteiger partial charge in [0.2, 0.25) is 0 Å². The highest BCUT2D eigenvalue weighted by Crippen LogP contribution is 2.29. The molecule has 0 aliphatic carbocycles. The second-order valence-corrected chi connectivity index (χ2v) is 5.56. The molecule has 1 heterocycles. The lowest BCUT2D eigenvalue weighted by atomic mass is 10.1. The van der Waals surface area contributed by atoms with Crippen molar-refractivity contribution in [2.45, 2.75) is 26.1 Å². The minimum absolute atomic E-state index is 0.0873. The Morgan fingerprint density at radius 3 is 2.56 bits per heavy atom. The lowest BCUT2D eigenvalue weighted by Crippen LogP contribution is -2.46. The monoisotopic (exact) mass is 311 g/mol. The van der Waals surface area contributed by atoms with Crippen LogP contribution < -0.4 is 10.6 Å². The summed E-state index contributed by atoms with van der Waals surface area (Å²) in [5.74, 6) is 0.0873. The number of nitrogens with two attached hydrogens (primary N) is 1. The molecule has 1 fully saturated rings. The van der Waals surface area contributed by atoms with Gasteiger partial charge in [-0.2, -0.15) is 0 Å². The van der Waals surface area contributed by atoms with Crippen LogP contribution in [0, 0.1) is 5.41 Å². The number of morpholine rings is 1. The summed E-state index contributed by atoms with van der Waals surface area (Å²) in [6.07, 6.45) is 0.375. The molecule has 0 saturated carbocycles. The summed E-state index contributed by atoms with van der Waals surface area (Å²) in [4.78, 5) is 2.24. The number of amidine groups is 1. The van der Waals surface area contributed by atoms with Gasteiger partial charge >= 0.3 is 0 Å². The van der Waals surface area contributed by atoms with Gasteiger partial charge in [-0.1, -0.05) is 6.07 Å². The number of nitrogens with one attached hydrogen (secondary N) is 1. The van der Waals surface area contributed by atoms with Crippen molar-refractivity contribution in [1.82, 2.24) is 0 Å². The van der Waals surface area contributed by atoms with Crippen molar-refractivity contribution >= 4 is 27.5 Å². The van der Waals surface area contributed by atoms with Gasteiger partial charge in [0.1, 0.15) is 5.84 Å². The van der Waals surface area contributed by atoms with E-state index in [1.807, 2.05) is 18.2 Å². The summed E-state index contributed by atoms with van der Waals surface area (Å²) in [5.41, 5.74) is 7.45. The van der Waals surface area contributed by atoms with Gasteiger partial charge in [-0.25, -0.2) is 0 Å². The number of halogens is 1. The Morgan fingerprint density at radius 2 is 2.00 bits per heavy atom.